The third-order valence-corrected chi connectivity index (χ3v) is 3.40. The van der Waals surface area contributed by atoms with E-state index in [0.29, 0.717) is 0 Å². The minimum absolute atomic E-state index is 0.140. The van der Waals surface area contributed by atoms with E-state index < -0.39 is 0 Å². The van der Waals surface area contributed by atoms with Crippen molar-refractivity contribution in [2.24, 2.45) is 0 Å². The molecule has 0 atom stereocenters. The number of rotatable bonds is 1. The van der Waals surface area contributed by atoms with Gasteiger partial charge in [0, 0.05) is 4.47 Å². The molecule has 0 saturated carbocycles. The lowest BCUT2D eigenvalue weighted by atomic mass is 9.86. The molecule has 0 heterocycles. The van der Waals surface area contributed by atoms with Crippen molar-refractivity contribution >= 4 is 15.9 Å². The van der Waals surface area contributed by atoms with Crippen molar-refractivity contribution in [2.75, 3.05) is 0 Å². The maximum Gasteiger partial charge on any atom is 0.124 e. The highest BCUT2D eigenvalue weighted by atomic mass is 79.9. The molecule has 0 radical (unpaired) electrons. The summed E-state index contributed by atoms with van der Waals surface area (Å²) in [7, 11) is 0. The van der Waals surface area contributed by atoms with Crippen LogP contribution in [0.3, 0.4) is 0 Å². The highest BCUT2D eigenvalue weighted by Gasteiger charge is 2.13. The minimum Gasteiger partial charge on any atom is -0.207 e. The molecule has 2 heteroatoms. The number of hydrogen-bond acceptors (Lipinski definition) is 0. The van der Waals surface area contributed by atoms with Crippen LogP contribution in [0.2, 0.25) is 0 Å². The maximum absolute atomic E-state index is 13.4. The lowest BCUT2D eigenvalue weighted by Gasteiger charge is -2.19. The summed E-state index contributed by atoms with van der Waals surface area (Å²) in [6, 6.07) is 13.2. The van der Waals surface area contributed by atoms with Gasteiger partial charge in [-0.15, -0.1) is 0 Å². The van der Waals surface area contributed by atoms with Crippen molar-refractivity contribution in [1.82, 2.24) is 0 Å². The lowest BCUT2D eigenvalue weighted by molar-refractivity contribution is 0.590. The standard InChI is InChI=1S/C16H16BrF/c1-16(2,3)13-6-4-11(5-7-13)12-8-14(17)10-15(18)9-12/h4-10H,1-3H3. The van der Waals surface area contributed by atoms with Crippen LogP contribution in [0.25, 0.3) is 11.1 Å². The molecule has 18 heavy (non-hydrogen) atoms. The average molecular weight is 307 g/mol. The van der Waals surface area contributed by atoms with Gasteiger partial charge in [-0.2, -0.15) is 0 Å². The van der Waals surface area contributed by atoms with Crippen LogP contribution < -0.4 is 0 Å². The minimum atomic E-state index is -0.223. The van der Waals surface area contributed by atoms with E-state index in [4.69, 9.17) is 0 Å². The van der Waals surface area contributed by atoms with Gasteiger partial charge in [-0.3, -0.25) is 0 Å². The van der Waals surface area contributed by atoms with Crippen LogP contribution in [0.5, 0.6) is 0 Å². The van der Waals surface area contributed by atoms with Crippen LogP contribution in [0.4, 0.5) is 4.39 Å². The second-order valence-corrected chi connectivity index (χ2v) is 6.40. The molecule has 0 aliphatic carbocycles. The third-order valence-electron chi connectivity index (χ3n) is 2.95. The molecular weight excluding hydrogens is 291 g/mol. The lowest BCUT2D eigenvalue weighted by Crippen LogP contribution is -2.10. The molecule has 0 fully saturated rings. The average Bonchev–Trinajstić information content (AvgIpc) is 2.27. The highest BCUT2D eigenvalue weighted by molar-refractivity contribution is 9.10. The van der Waals surface area contributed by atoms with Crippen LogP contribution >= 0.6 is 15.9 Å². The zero-order valence-corrected chi connectivity index (χ0v) is 12.4. The Morgan fingerprint density at radius 3 is 2.00 bits per heavy atom. The molecule has 0 amide bonds. The smallest absolute Gasteiger partial charge is 0.124 e. The quantitative estimate of drug-likeness (QED) is 0.647. The van der Waals surface area contributed by atoms with Gasteiger partial charge in [0.15, 0.2) is 0 Å². The Morgan fingerprint density at radius 2 is 1.50 bits per heavy atom. The van der Waals surface area contributed by atoms with Crippen molar-refractivity contribution < 1.29 is 4.39 Å². The molecule has 94 valence electrons. The number of benzene rings is 2. The molecule has 0 aromatic heterocycles. The first-order valence-corrected chi connectivity index (χ1v) is 6.72. The van der Waals surface area contributed by atoms with Gasteiger partial charge >= 0.3 is 0 Å². The molecule has 0 bridgehead atoms. The van der Waals surface area contributed by atoms with Gasteiger partial charge in [0.1, 0.15) is 5.82 Å². The molecule has 0 saturated heterocycles. The van der Waals surface area contributed by atoms with Gasteiger partial charge in [-0.25, -0.2) is 4.39 Å². The molecule has 0 aliphatic heterocycles. The van der Waals surface area contributed by atoms with E-state index in [2.05, 4.69) is 48.8 Å². The fourth-order valence-corrected chi connectivity index (χ4v) is 2.35. The SMILES string of the molecule is CC(C)(C)c1ccc(-c2cc(F)cc(Br)c2)cc1. The van der Waals surface area contributed by atoms with E-state index in [1.165, 1.54) is 11.6 Å². The number of hydrogen-bond donors (Lipinski definition) is 0. The Kier molecular flexibility index (Phi) is 3.58. The first-order valence-electron chi connectivity index (χ1n) is 5.93. The van der Waals surface area contributed by atoms with Crippen LogP contribution in [0.15, 0.2) is 46.9 Å². The van der Waals surface area contributed by atoms with Crippen molar-refractivity contribution in [3.8, 4) is 11.1 Å². The summed E-state index contributed by atoms with van der Waals surface area (Å²) in [5.74, 6) is -0.223. The molecular formula is C16H16BrF. The number of halogens is 2. The van der Waals surface area contributed by atoms with E-state index in [-0.39, 0.29) is 11.2 Å². The van der Waals surface area contributed by atoms with E-state index in [1.54, 1.807) is 6.07 Å². The summed E-state index contributed by atoms with van der Waals surface area (Å²) in [6.45, 7) is 6.54. The van der Waals surface area contributed by atoms with E-state index in [0.717, 1.165) is 15.6 Å². The van der Waals surface area contributed by atoms with Crippen LogP contribution in [0.1, 0.15) is 26.3 Å². The zero-order chi connectivity index (χ0) is 13.3. The third kappa shape index (κ3) is 2.99. The molecule has 2 aromatic carbocycles. The molecule has 0 unspecified atom stereocenters. The van der Waals surface area contributed by atoms with E-state index in [1.807, 2.05) is 18.2 Å². The Balaban J connectivity index is 2.40. The van der Waals surface area contributed by atoms with Gasteiger partial charge in [-0.1, -0.05) is 61.0 Å². The second-order valence-electron chi connectivity index (χ2n) is 5.49. The second kappa shape index (κ2) is 4.85. The maximum atomic E-state index is 13.4. The predicted molar refractivity (Wildman–Crippen MR) is 78.2 cm³/mol. The molecule has 0 N–H and O–H groups in total. The zero-order valence-electron chi connectivity index (χ0n) is 10.8. The monoisotopic (exact) mass is 306 g/mol. The molecule has 2 rings (SSSR count). The fraction of sp³-hybridized carbons (Fsp3) is 0.250. The van der Waals surface area contributed by atoms with Crippen LogP contribution in [-0.2, 0) is 5.41 Å². The Bertz CT molecular complexity index is 530. The molecule has 0 nitrogen and oxygen atoms in total. The van der Waals surface area contributed by atoms with E-state index in [9.17, 15) is 4.39 Å². The van der Waals surface area contributed by atoms with Crippen molar-refractivity contribution in [3.05, 3.63) is 58.3 Å². The summed E-state index contributed by atoms with van der Waals surface area (Å²) in [5.41, 5.74) is 3.34. The van der Waals surface area contributed by atoms with E-state index >= 15 is 0 Å². The summed E-state index contributed by atoms with van der Waals surface area (Å²) in [6.07, 6.45) is 0. The van der Waals surface area contributed by atoms with Crippen molar-refractivity contribution in [3.63, 3.8) is 0 Å². The van der Waals surface area contributed by atoms with Crippen LogP contribution in [-0.4, -0.2) is 0 Å². The molecule has 0 spiro atoms. The Labute approximate surface area is 116 Å². The van der Waals surface area contributed by atoms with Gasteiger partial charge in [-0.05, 0) is 40.3 Å². The van der Waals surface area contributed by atoms with Gasteiger partial charge in [0.2, 0.25) is 0 Å². The van der Waals surface area contributed by atoms with Gasteiger partial charge in [0.05, 0.1) is 0 Å². The first-order chi connectivity index (χ1) is 8.36. The highest BCUT2D eigenvalue weighted by Crippen LogP contribution is 2.28. The Morgan fingerprint density at radius 1 is 0.889 bits per heavy atom. The Hall–Kier alpha value is -1.15. The van der Waals surface area contributed by atoms with Crippen molar-refractivity contribution in [1.29, 1.82) is 0 Å². The van der Waals surface area contributed by atoms with Crippen molar-refractivity contribution in [2.45, 2.75) is 26.2 Å². The van der Waals surface area contributed by atoms with Gasteiger partial charge < -0.3 is 0 Å². The predicted octanol–water partition coefficient (Wildman–Crippen LogP) is 5.55. The summed E-state index contributed by atoms with van der Waals surface area (Å²) >= 11 is 3.32. The normalized spacial score (nSPS) is 11.6. The fourth-order valence-electron chi connectivity index (χ4n) is 1.88. The summed E-state index contributed by atoms with van der Waals surface area (Å²) in [4.78, 5) is 0. The summed E-state index contributed by atoms with van der Waals surface area (Å²) < 4.78 is 14.1. The molecule has 2 aromatic rings. The summed E-state index contributed by atoms with van der Waals surface area (Å²) in [5, 5.41) is 0. The topological polar surface area (TPSA) is 0 Å². The first kappa shape index (κ1) is 13.3. The largest absolute Gasteiger partial charge is 0.207 e. The van der Waals surface area contributed by atoms with Crippen LogP contribution in [0, 0.1) is 5.82 Å². The van der Waals surface area contributed by atoms with Gasteiger partial charge in [0.25, 0.3) is 0 Å². The molecule has 0 aliphatic rings.